The molecule has 1 aromatic carbocycles. The van der Waals surface area contributed by atoms with Gasteiger partial charge in [-0.05, 0) is 48.9 Å². The van der Waals surface area contributed by atoms with Crippen LogP contribution in [-0.4, -0.2) is 48.7 Å². The van der Waals surface area contributed by atoms with Crippen molar-refractivity contribution in [2.75, 3.05) is 19.8 Å². The first-order chi connectivity index (χ1) is 13.3. The molecule has 28 heavy (non-hydrogen) atoms. The van der Waals surface area contributed by atoms with E-state index in [2.05, 4.69) is 10.6 Å². The lowest BCUT2D eigenvalue weighted by atomic mass is 9.86. The van der Waals surface area contributed by atoms with Crippen LogP contribution in [0.4, 0.5) is 4.39 Å². The number of aliphatic carboxylic acids is 1. The van der Waals surface area contributed by atoms with Crippen molar-refractivity contribution in [3.05, 3.63) is 35.6 Å². The molecule has 1 aliphatic heterocycles. The van der Waals surface area contributed by atoms with Gasteiger partial charge in [0.25, 0.3) is 5.91 Å². The van der Waals surface area contributed by atoms with E-state index in [-0.39, 0.29) is 23.9 Å². The van der Waals surface area contributed by atoms with Gasteiger partial charge in [-0.25, -0.2) is 4.39 Å². The molecule has 2 atom stereocenters. The number of rotatable bonds is 8. The van der Waals surface area contributed by atoms with Crippen LogP contribution in [0.1, 0.15) is 37.0 Å². The molecule has 2 amide bonds. The molecule has 1 heterocycles. The van der Waals surface area contributed by atoms with Crippen molar-refractivity contribution in [1.82, 2.24) is 10.6 Å². The fraction of sp³-hybridized carbons (Fsp3) is 0.550. The van der Waals surface area contributed by atoms with Crippen LogP contribution < -0.4 is 10.6 Å². The standard InChI is InChI=1S/C20H27FN2O5/c1-12(2)17(23-18(24)14-3-5-15(21)6-4-14)19(25)22-11-16(20(26)27)13-7-9-28-10-8-13/h3-6,12-13,16-17H,7-11H2,1-2H3,(H,22,25)(H,23,24)(H,26,27). The summed E-state index contributed by atoms with van der Waals surface area (Å²) in [4.78, 5) is 36.6. The normalized spacial score (nSPS) is 17.0. The van der Waals surface area contributed by atoms with Gasteiger partial charge in [0.2, 0.25) is 5.91 Å². The van der Waals surface area contributed by atoms with Crippen LogP contribution in [0, 0.1) is 23.6 Å². The summed E-state index contributed by atoms with van der Waals surface area (Å²) in [7, 11) is 0. The number of carbonyl (C=O) groups excluding carboxylic acids is 2. The van der Waals surface area contributed by atoms with E-state index in [0.717, 1.165) is 0 Å². The lowest BCUT2D eigenvalue weighted by molar-refractivity contribution is -0.145. The zero-order valence-electron chi connectivity index (χ0n) is 16.1. The average Bonchev–Trinajstić information content (AvgIpc) is 2.66. The Bertz CT molecular complexity index is 686. The van der Waals surface area contributed by atoms with Crippen LogP contribution in [0.3, 0.4) is 0 Å². The second kappa shape index (κ2) is 10.2. The van der Waals surface area contributed by atoms with Gasteiger partial charge in [0.05, 0.1) is 5.92 Å². The molecule has 1 aliphatic rings. The lowest BCUT2D eigenvalue weighted by Gasteiger charge is -2.28. The van der Waals surface area contributed by atoms with E-state index in [4.69, 9.17) is 4.74 Å². The molecule has 8 heteroatoms. The molecule has 7 nitrogen and oxygen atoms in total. The topological polar surface area (TPSA) is 105 Å². The van der Waals surface area contributed by atoms with Crippen molar-refractivity contribution in [1.29, 1.82) is 0 Å². The van der Waals surface area contributed by atoms with E-state index < -0.39 is 35.6 Å². The molecule has 1 fully saturated rings. The monoisotopic (exact) mass is 394 g/mol. The molecule has 0 spiro atoms. The molecule has 0 aromatic heterocycles. The minimum atomic E-state index is -0.955. The summed E-state index contributed by atoms with van der Waals surface area (Å²) in [6, 6.07) is 4.19. The number of amides is 2. The average molecular weight is 394 g/mol. The van der Waals surface area contributed by atoms with Gasteiger partial charge >= 0.3 is 5.97 Å². The van der Waals surface area contributed by atoms with E-state index >= 15 is 0 Å². The number of nitrogens with one attached hydrogen (secondary N) is 2. The molecule has 1 saturated heterocycles. The first-order valence-electron chi connectivity index (χ1n) is 9.44. The SMILES string of the molecule is CC(C)C(NC(=O)c1ccc(F)cc1)C(=O)NCC(C(=O)O)C1CCOCC1. The number of hydrogen-bond acceptors (Lipinski definition) is 4. The molecule has 1 aromatic rings. The number of hydrogen-bond donors (Lipinski definition) is 3. The van der Waals surface area contributed by atoms with Gasteiger partial charge in [0.1, 0.15) is 11.9 Å². The van der Waals surface area contributed by atoms with Crippen LogP contribution in [0.5, 0.6) is 0 Å². The van der Waals surface area contributed by atoms with Gasteiger partial charge in [0, 0.05) is 25.3 Å². The van der Waals surface area contributed by atoms with Gasteiger partial charge in [-0.2, -0.15) is 0 Å². The number of carboxylic acids is 1. The third-order valence-corrected chi connectivity index (χ3v) is 4.99. The molecule has 154 valence electrons. The van der Waals surface area contributed by atoms with Crippen LogP contribution in [0.25, 0.3) is 0 Å². The summed E-state index contributed by atoms with van der Waals surface area (Å²) in [5, 5.41) is 14.8. The van der Waals surface area contributed by atoms with Crippen molar-refractivity contribution in [3.8, 4) is 0 Å². The number of carbonyl (C=O) groups is 3. The Hall–Kier alpha value is -2.48. The Morgan fingerprint density at radius 3 is 2.32 bits per heavy atom. The Labute approximate surface area is 163 Å². The van der Waals surface area contributed by atoms with E-state index in [1.165, 1.54) is 24.3 Å². The Balaban J connectivity index is 1.98. The van der Waals surface area contributed by atoms with E-state index in [9.17, 15) is 23.9 Å². The molecule has 3 N–H and O–H groups in total. The summed E-state index contributed by atoms with van der Waals surface area (Å²) in [6.07, 6.45) is 1.28. The number of ether oxygens (including phenoxy) is 1. The highest BCUT2D eigenvalue weighted by Gasteiger charge is 2.31. The maximum absolute atomic E-state index is 13.0. The minimum absolute atomic E-state index is 0.00548. The maximum Gasteiger partial charge on any atom is 0.308 e. The second-order valence-corrected chi connectivity index (χ2v) is 7.34. The smallest absolute Gasteiger partial charge is 0.308 e. The summed E-state index contributed by atoms with van der Waals surface area (Å²) in [6.45, 7) is 4.59. The fourth-order valence-corrected chi connectivity index (χ4v) is 3.26. The highest BCUT2D eigenvalue weighted by molar-refractivity contribution is 5.97. The second-order valence-electron chi connectivity index (χ2n) is 7.34. The summed E-state index contributed by atoms with van der Waals surface area (Å²) in [5.74, 6) is -3.31. The first kappa shape index (κ1) is 21.8. The van der Waals surface area contributed by atoms with Crippen molar-refractivity contribution in [3.63, 3.8) is 0 Å². The zero-order chi connectivity index (χ0) is 20.7. The Morgan fingerprint density at radius 1 is 1.18 bits per heavy atom. The van der Waals surface area contributed by atoms with Crippen molar-refractivity contribution >= 4 is 17.8 Å². The molecule has 0 aliphatic carbocycles. The summed E-state index contributed by atoms with van der Waals surface area (Å²) in [5.41, 5.74) is 0.241. The molecule has 0 saturated carbocycles. The molecule has 0 bridgehead atoms. The maximum atomic E-state index is 13.0. The summed E-state index contributed by atoms with van der Waals surface area (Å²) >= 11 is 0. The fourth-order valence-electron chi connectivity index (χ4n) is 3.26. The summed E-state index contributed by atoms with van der Waals surface area (Å²) < 4.78 is 18.3. The van der Waals surface area contributed by atoms with Gasteiger partial charge in [0.15, 0.2) is 0 Å². The number of halogens is 1. The highest BCUT2D eigenvalue weighted by Crippen LogP contribution is 2.23. The quantitative estimate of drug-likeness (QED) is 0.624. The Kier molecular flexibility index (Phi) is 7.92. The van der Waals surface area contributed by atoms with Crippen molar-refractivity contribution in [2.24, 2.45) is 17.8 Å². The molecular weight excluding hydrogens is 367 g/mol. The molecule has 2 rings (SSSR count). The number of carboxylic acid groups (broad SMARTS) is 1. The molecule has 0 radical (unpaired) electrons. The first-order valence-corrected chi connectivity index (χ1v) is 9.44. The van der Waals surface area contributed by atoms with Crippen LogP contribution in [0.2, 0.25) is 0 Å². The predicted molar refractivity (Wildman–Crippen MR) is 100 cm³/mol. The predicted octanol–water partition coefficient (Wildman–Crippen LogP) is 1.82. The van der Waals surface area contributed by atoms with E-state index in [0.29, 0.717) is 26.1 Å². The largest absolute Gasteiger partial charge is 0.481 e. The number of benzene rings is 1. The van der Waals surface area contributed by atoms with E-state index in [1.54, 1.807) is 13.8 Å². The van der Waals surface area contributed by atoms with Crippen LogP contribution in [0.15, 0.2) is 24.3 Å². The van der Waals surface area contributed by atoms with Gasteiger partial charge in [-0.15, -0.1) is 0 Å². The van der Waals surface area contributed by atoms with Gasteiger partial charge < -0.3 is 20.5 Å². The van der Waals surface area contributed by atoms with Crippen LogP contribution >= 0.6 is 0 Å². The van der Waals surface area contributed by atoms with Crippen LogP contribution in [-0.2, 0) is 14.3 Å². The lowest BCUT2D eigenvalue weighted by Crippen LogP contribution is -2.51. The van der Waals surface area contributed by atoms with E-state index in [1.807, 2.05) is 0 Å². The highest BCUT2D eigenvalue weighted by atomic mass is 19.1. The Morgan fingerprint density at radius 2 is 1.79 bits per heavy atom. The van der Waals surface area contributed by atoms with Crippen molar-refractivity contribution in [2.45, 2.75) is 32.7 Å². The van der Waals surface area contributed by atoms with Gasteiger partial charge in [-0.3, -0.25) is 14.4 Å². The molecular formula is C20H27FN2O5. The minimum Gasteiger partial charge on any atom is -0.481 e. The third-order valence-electron chi connectivity index (χ3n) is 4.99. The van der Waals surface area contributed by atoms with Gasteiger partial charge in [-0.1, -0.05) is 13.8 Å². The molecule has 2 unspecified atom stereocenters. The third kappa shape index (κ3) is 6.02. The van der Waals surface area contributed by atoms with Crippen molar-refractivity contribution < 1.29 is 28.6 Å². The zero-order valence-corrected chi connectivity index (χ0v) is 16.1.